The van der Waals surface area contributed by atoms with Gasteiger partial charge in [-0.3, -0.25) is 4.90 Å². The molecule has 0 spiro atoms. The van der Waals surface area contributed by atoms with Crippen molar-refractivity contribution in [2.24, 2.45) is 5.92 Å². The fraction of sp³-hybridized carbons (Fsp3) is 1.00. The molecule has 2 fully saturated rings. The first kappa shape index (κ1) is 14.9. The summed E-state index contributed by atoms with van der Waals surface area (Å²) in [6.07, 6.45) is 5.83. The fourth-order valence-corrected chi connectivity index (χ4v) is 3.25. The van der Waals surface area contributed by atoms with Gasteiger partial charge in [-0.15, -0.1) is 0 Å². The van der Waals surface area contributed by atoms with Gasteiger partial charge in [0, 0.05) is 19.1 Å². The molecule has 1 heterocycles. The van der Waals surface area contributed by atoms with E-state index in [0.717, 1.165) is 12.0 Å². The van der Waals surface area contributed by atoms with Crippen LogP contribution in [-0.2, 0) is 0 Å². The van der Waals surface area contributed by atoms with Gasteiger partial charge in [-0.2, -0.15) is 0 Å². The molecule has 0 bridgehead atoms. The zero-order valence-corrected chi connectivity index (χ0v) is 11.9. The molecule has 1 saturated heterocycles. The highest BCUT2D eigenvalue weighted by Crippen LogP contribution is 2.28. The van der Waals surface area contributed by atoms with Crippen LogP contribution in [-0.4, -0.2) is 60.7 Å². The Balaban J connectivity index is 0.00000144. The lowest BCUT2D eigenvalue weighted by Crippen LogP contribution is -2.59. The lowest BCUT2D eigenvalue weighted by molar-refractivity contribution is -0.912. The largest absolute Gasteiger partial charge is 0.870 e. The number of piperazine rings is 1. The molecule has 0 unspecified atom stereocenters. The molecule has 1 aliphatic heterocycles. The van der Waals surface area contributed by atoms with Crippen LogP contribution in [0.2, 0.25) is 0 Å². The normalized spacial score (nSPS) is 34.1. The molecule has 3 heteroatoms. The molecule has 3 nitrogen and oxygen atoms in total. The molecule has 1 N–H and O–H groups in total. The van der Waals surface area contributed by atoms with Crippen molar-refractivity contribution in [2.45, 2.75) is 45.6 Å². The van der Waals surface area contributed by atoms with Crippen molar-refractivity contribution in [3.8, 4) is 0 Å². The maximum absolute atomic E-state index is 2.78. The highest BCUT2D eigenvalue weighted by molar-refractivity contribution is 4.79. The first-order valence-electron chi connectivity index (χ1n) is 7.20. The van der Waals surface area contributed by atoms with Crippen LogP contribution in [0, 0.1) is 5.92 Å². The standard InChI is InChI=1S/C14H29N2.H2O/c1-4-16(3)11-9-15(10-12-16)14-7-5-13(2)6-8-14;/h13-14H,4-12H2,1-3H3;1H2/q+1;/p-1. The molecular weight excluding hydrogens is 212 g/mol. The van der Waals surface area contributed by atoms with Gasteiger partial charge in [0.1, 0.15) is 0 Å². The highest BCUT2D eigenvalue weighted by atomic mass is 16.0. The van der Waals surface area contributed by atoms with Crippen LogP contribution < -0.4 is 0 Å². The van der Waals surface area contributed by atoms with Crippen molar-refractivity contribution in [1.82, 2.24) is 4.90 Å². The Hall–Kier alpha value is -0.120. The third-order valence-corrected chi connectivity index (χ3v) is 5.12. The van der Waals surface area contributed by atoms with Crippen molar-refractivity contribution in [3.05, 3.63) is 0 Å². The minimum atomic E-state index is 0. The van der Waals surface area contributed by atoms with E-state index in [0.29, 0.717) is 0 Å². The van der Waals surface area contributed by atoms with E-state index < -0.39 is 0 Å². The summed E-state index contributed by atoms with van der Waals surface area (Å²) in [6, 6.07) is 0.918. The summed E-state index contributed by atoms with van der Waals surface area (Å²) >= 11 is 0. The minimum Gasteiger partial charge on any atom is -0.870 e. The Bertz CT molecular complexity index is 216. The number of nitrogens with zero attached hydrogens (tertiary/aromatic N) is 2. The number of hydrogen-bond donors (Lipinski definition) is 0. The van der Waals surface area contributed by atoms with E-state index in [4.69, 9.17) is 0 Å². The van der Waals surface area contributed by atoms with Gasteiger partial charge < -0.3 is 9.96 Å². The van der Waals surface area contributed by atoms with Crippen LogP contribution in [0.1, 0.15) is 39.5 Å². The topological polar surface area (TPSA) is 33.2 Å². The maximum Gasteiger partial charge on any atom is 0.0914 e. The third-order valence-electron chi connectivity index (χ3n) is 5.12. The van der Waals surface area contributed by atoms with Crippen molar-refractivity contribution in [1.29, 1.82) is 0 Å². The Morgan fingerprint density at radius 3 is 2.06 bits per heavy atom. The zero-order valence-electron chi connectivity index (χ0n) is 11.9. The van der Waals surface area contributed by atoms with Crippen LogP contribution >= 0.6 is 0 Å². The molecule has 102 valence electrons. The van der Waals surface area contributed by atoms with Gasteiger partial charge in [0.15, 0.2) is 0 Å². The van der Waals surface area contributed by atoms with Gasteiger partial charge in [0.2, 0.25) is 0 Å². The molecule has 2 aliphatic rings. The van der Waals surface area contributed by atoms with Crippen molar-refractivity contribution >= 4 is 0 Å². The smallest absolute Gasteiger partial charge is 0.0914 e. The molecule has 1 aliphatic carbocycles. The van der Waals surface area contributed by atoms with Crippen molar-refractivity contribution in [3.63, 3.8) is 0 Å². The van der Waals surface area contributed by atoms with Crippen LogP contribution in [0.4, 0.5) is 0 Å². The van der Waals surface area contributed by atoms with Gasteiger partial charge in [-0.25, -0.2) is 0 Å². The van der Waals surface area contributed by atoms with E-state index in [1.165, 1.54) is 62.9 Å². The van der Waals surface area contributed by atoms with E-state index in [-0.39, 0.29) is 5.48 Å². The number of quaternary nitrogens is 1. The Morgan fingerprint density at radius 2 is 1.59 bits per heavy atom. The molecule has 0 amide bonds. The molecule has 0 aromatic carbocycles. The molecule has 1 saturated carbocycles. The van der Waals surface area contributed by atoms with Crippen molar-refractivity contribution < 1.29 is 9.96 Å². The Kier molecular flexibility index (Phi) is 5.42. The summed E-state index contributed by atoms with van der Waals surface area (Å²) in [5, 5.41) is 0. The first-order chi connectivity index (χ1) is 7.63. The van der Waals surface area contributed by atoms with Crippen LogP contribution in [0.25, 0.3) is 0 Å². The Morgan fingerprint density at radius 1 is 1.06 bits per heavy atom. The van der Waals surface area contributed by atoms with E-state index in [9.17, 15) is 0 Å². The molecular formula is C14H30N2O. The predicted octanol–water partition coefficient (Wildman–Crippen LogP) is 2.17. The quantitative estimate of drug-likeness (QED) is 0.695. The molecule has 0 aromatic rings. The molecule has 2 rings (SSSR count). The van der Waals surface area contributed by atoms with Crippen molar-refractivity contribution in [2.75, 3.05) is 39.8 Å². The van der Waals surface area contributed by atoms with Gasteiger partial charge in [-0.05, 0) is 38.5 Å². The summed E-state index contributed by atoms with van der Waals surface area (Å²) in [4.78, 5) is 2.78. The second kappa shape index (κ2) is 6.17. The average Bonchev–Trinajstić information content (AvgIpc) is 2.32. The van der Waals surface area contributed by atoms with E-state index >= 15 is 0 Å². The lowest BCUT2D eigenvalue weighted by atomic mass is 9.86. The third kappa shape index (κ3) is 3.67. The van der Waals surface area contributed by atoms with Gasteiger partial charge in [0.05, 0.1) is 26.7 Å². The van der Waals surface area contributed by atoms with Crippen LogP contribution in [0.15, 0.2) is 0 Å². The summed E-state index contributed by atoms with van der Waals surface area (Å²) in [5.41, 5.74) is 0. The Labute approximate surface area is 107 Å². The summed E-state index contributed by atoms with van der Waals surface area (Å²) in [6.45, 7) is 11.4. The molecule has 0 radical (unpaired) electrons. The number of likely N-dealkylation sites (N-methyl/N-ethyl adjacent to an activating group) is 1. The second-order valence-electron chi connectivity index (χ2n) is 6.33. The molecule has 0 atom stereocenters. The number of hydrogen-bond acceptors (Lipinski definition) is 2. The minimum absolute atomic E-state index is 0. The monoisotopic (exact) mass is 242 g/mol. The predicted molar refractivity (Wildman–Crippen MR) is 71.4 cm³/mol. The molecule has 17 heavy (non-hydrogen) atoms. The van der Waals surface area contributed by atoms with E-state index in [1.54, 1.807) is 0 Å². The van der Waals surface area contributed by atoms with E-state index in [2.05, 4.69) is 25.8 Å². The SMILES string of the molecule is CC[N+]1(C)CCN(C2CCC(C)CC2)CC1.[OH-]. The lowest BCUT2D eigenvalue weighted by Gasteiger charge is -2.45. The van der Waals surface area contributed by atoms with Crippen LogP contribution in [0.3, 0.4) is 0 Å². The summed E-state index contributed by atoms with van der Waals surface area (Å²) in [7, 11) is 2.42. The van der Waals surface area contributed by atoms with Gasteiger partial charge >= 0.3 is 0 Å². The summed E-state index contributed by atoms with van der Waals surface area (Å²) < 4.78 is 1.29. The van der Waals surface area contributed by atoms with Gasteiger partial charge in [0.25, 0.3) is 0 Å². The highest BCUT2D eigenvalue weighted by Gasteiger charge is 2.31. The fourth-order valence-electron chi connectivity index (χ4n) is 3.25. The number of rotatable bonds is 2. The average molecular weight is 242 g/mol. The van der Waals surface area contributed by atoms with Crippen LogP contribution in [0.5, 0.6) is 0 Å². The zero-order chi connectivity index (χ0) is 11.6. The first-order valence-corrected chi connectivity index (χ1v) is 7.20. The summed E-state index contributed by atoms with van der Waals surface area (Å²) in [5.74, 6) is 0.984. The second-order valence-corrected chi connectivity index (χ2v) is 6.33. The van der Waals surface area contributed by atoms with Gasteiger partial charge in [-0.1, -0.05) is 6.92 Å². The van der Waals surface area contributed by atoms with E-state index in [1.807, 2.05) is 0 Å². The maximum atomic E-state index is 2.78. The molecule has 0 aromatic heterocycles.